The summed E-state index contributed by atoms with van der Waals surface area (Å²) in [4.78, 5) is 2.26. The molecule has 0 aromatic heterocycles. The first kappa shape index (κ1) is 11.2. The van der Waals surface area contributed by atoms with E-state index in [4.69, 9.17) is 0 Å². The molecule has 0 spiro atoms. The number of piperazine rings is 1. The van der Waals surface area contributed by atoms with Crippen LogP contribution in [0.1, 0.15) is 11.1 Å². The van der Waals surface area contributed by atoms with Gasteiger partial charge in [0.15, 0.2) is 0 Å². The summed E-state index contributed by atoms with van der Waals surface area (Å²) in [5, 5.41) is 22.7. The Morgan fingerprint density at radius 2 is 1.88 bits per heavy atom. The van der Waals surface area contributed by atoms with Gasteiger partial charge in [-0.3, -0.25) is 4.90 Å². The summed E-state index contributed by atoms with van der Waals surface area (Å²) in [6, 6.07) is 3.28. The number of nitrogens with zero attached hydrogens (tertiary/aromatic N) is 1. The topological polar surface area (TPSA) is 55.7 Å². The molecule has 3 N–H and O–H groups in total. The van der Waals surface area contributed by atoms with E-state index in [-0.39, 0.29) is 11.5 Å². The second kappa shape index (κ2) is 4.72. The minimum Gasteiger partial charge on any atom is -0.508 e. The Bertz CT molecular complexity index is 374. The van der Waals surface area contributed by atoms with Crippen LogP contribution in [0.4, 0.5) is 0 Å². The number of phenols is 2. The number of hydrogen-bond acceptors (Lipinski definition) is 4. The summed E-state index contributed by atoms with van der Waals surface area (Å²) in [7, 11) is 0. The van der Waals surface area contributed by atoms with E-state index in [2.05, 4.69) is 10.2 Å². The largest absolute Gasteiger partial charge is 0.508 e. The molecule has 1 heterocycles. The quantitative estimate of drug-likeness (QED) is 0.648. The molecule has 1 aromatic rings. The maximum Gasteiger partial charge on any atom is 0.120 e. The van der Waals surface area contributed by atoms with Crippen molar-refractivity contribution in [2.24, 2.45) is 0 Å². The van der Waals surface area contributed by atoms with Crippen LogP contribution in [0.25, 0.3) is 0 Å². The maximum absolute atomic E-state index is 9.79. The van der Waals surface area contributed by atoms with Gasteiger partial charge >= 0.3 is 0 Å². The van der Waals surface area contributed by atoms with Crippen LogP contribution in [0.3, 0.4) is 0 Å². The van der Waals surface area contributed by atoms with Crippen molar-refractivity contribution in [2.75, 3.05) is 26.2 Å². The Hall–Kier alpha value is -1.26. The summed E-state index contributed by atoms with van der Waals surface area (Å²) in [5.74, 6) is 0.525. The number of nitrogens with one attached hydrogen (secondary N) is 1. The molecule has 1 fully saturated rings. The molecule has 0 unspecified atom stereocenters. The minimum absolute atomic E-state index is 0.253. The normalized spacial score (nSPS) is 17.6. The second-order valence-corrected chi connectivity index (χ2v) is 4.29. The SMILES string of the molecule is Cc1cc(O)c(CN2CCNCC2)cc1O. The number of aromatic hydroxyl groups is 2. The average Bonchev–Trinajstić information content (AvgIpc) is 2.27. The van der Waals surface area contributed by atoms with E-state index >= 15 is 0 Å². The summed E-state index contributed by atoms with van der Waals surface area (Å²) >= 11 is 0. The lowest BCUT2D eigenvalue weighted by atomic mass is 10.1. The van der Waals surface area contributed by atoms with E-state index in [9.17, 15) is 10.2 Å². The molecule has 16 heavy (non-hydrogen) atoms. The van der Waals surface area contributed by atoms with E-state index < -0.39 is 0 Å². The van der Waals surface area contributed by atoms with Crippen LogP contribution in [-0.2, 0) is 6.54 Å². The molecule has 0 radical (unpaired) electrons. The summed E-state index contributed by atoms with van der Waals surface area (Å²) < 4.78 is 0. The lowest BCUT2D eigenvalue weighted by Gasteiger charge is -2.27. The maximum atomic E-state index is 9.79. The third-order valence-electron chi connectivity index (χ3n) is 3.00. The van der Waals surface area contributed by atoms with Gasteiger partial charge in [0.1, 0.15) is 11.5 Å². The fourth-order valence-electron chi connectivity index (χ4n) is 1.96. The molecule has 2 rings (SSSR count). The highest BCUT2D eigenvalue weighted by atomic mass is 16.3. The minimum atomic E-state index is 0.253. The Balaban J connectivity index is 2.11. The molecule has 0 atom stereocenters. The van der Waals surface area contributed by atoms with Gasteiger partial charge < -0.3 is 15.5 Å². The highest BCUT2D eigenvalue weighted by Gasteiger charge is 2.13. The number of phenolic OH excluding ortho intramolecular Hbond substituents is 2. The predicted molar refractivity (Wildman–Crippen MR) is 62.7 cm³/mol. The standard InChI is InChI=1S/C12H18N2O2/c1-9-6-12(16)10(7-11(9)15)8-14-4-2-13-3-5-14/h6-7,13,15-16H,2-5,8H2,1H3. The number of aryl methyl sites for hydroxylation is 1. The number of rotatable bonds is 2. The van der Waals surface area contributed by atoms with Crippen LogP contribution in [0, 0.1) is 6.92 Å². The van der Waals surface area contributed by atoms with E-state index in [0.29, 0.717) is 12.1 Å². The van der Waals surface area contributed by atoms with Gasteiger partial charge in [-0.2, -0.15) is 0 Å². The van der Waals surface area contributed by atoms with Crippen molar-refractivity contribution in [3.8, 4) is 11.5 Å². The van der Waals surface area contributed by atoms with Gasteiger partial charge in [0, 0.05) is 38.3 Å². The zero-order chi connectivity index (χ0) is 11.5. The van der Waals surface area contributed by atoms with Crippen molar-refractivity contribution < 1.29 is 10.2 Å². The van der Waals surface area contributed by atoms with E-state index in [1.165, 1.54) is 0 Å². The zero-order valence-electron chi connectivity index (χ0n) is 9.53. The van der Waals surface area contributed by atoms with E-state index in [1.807, 2.05) is 0 Å². The van der Waals surface area contributed by atoms with Gasteiger partial charge in [0.25, 0.3) is 0 Å². The van der Waals surface area contributed by atoms with Crippen molar-refractivity contribution in [1.29, 1.82) is 0 Å². The Morgan fingerprint density at radius 1 is 1.19 bits per heavy atom. The van der Waals surface area contributed by atoms with Gasteiger partial charge in [-0.05, 0) is 24.6 Å². The second-order valence-electron chi connectivity index (χ2n) is 4.29. The monoisotopic (exact) mass is 222 g/mol. The van der Waals surface area contributed by atoms with Crippen molar-refractivity contribution in [1.82, 2.24) is 10.2 Å². The van der Waals surface area contributed by atoms with Crippen molar-refractivity contribution >= 4 is 0 Å². The van der Waals surface area contributed by atoms with Crippen molar-refractivity contribution in [3.63, 3.8) is 0 Å². The Labute approximate surface area is 95.5 Å². The molecule has 0 aliphatic carbocycles. The molecule has 4 heteroatoms. The molecule has 88 valence electrons. The zero-order valence-corrected chi connectivity index (χ0v) is 9.53. The lowest BCUT2D eigenvalue weighted by Crippen LogP contribution is -2.42. The number of hydrogen-bond donors (Lipinski definition) is 3. The third-order valence-corrected chi connectivity index (χ3v) is 3.00. The Kier molecular flexibility index (Phi) is 3.31. The average molecular weight is 222 g/mol. The first-order valence-electron chi connectivity index (χ1n) is 5.61. The fraction of sp³-hybridized carbons (Fsp3) is 0.500. The van der Waals surface area contributed by atoms with Crippen LogP contribution in [-0.4, -0.2) is 41.3 Å². The van der Waals surface area contributed by atoms with Crippen LogP contribution in [0.2, 0.25) is 0 Å². The molecule has 1 aliphatic rings. The summed E-state index contributed by atoms with van der Waals surface area (Å²) in [6.07, 6.45) is 0. The van der Waals surface area contributed by atoms with Crippen LogP contribution in [0.5, 0.6) is 11.5 Å². The molecule has 1 aliphatic heterocycles. The lowest BCUT2D eigenvalue weighted by molar-refractivity contribution is 0.230. The number of benzene rings is 1. The molecule has 0 bridgehead atoms. The van der Waals surface area contributed by atoms with Crippen LogP contribution >= 0.6 is 0 Å². The predicted octanol–water partition coefficient (Wildman–Crippen LogP) is 0.811. The van der Waals surface area contributed by atoms with E-state index in [0.717, 1.165) is 31.7 Å². The summed E-state index contributed by atoms with van der Waals surface area (Å²) in [6.45, 7) is 6.41. The smallest absolute Gasteiger partial charge is 0.120 e. The van der Waals surface area contributed by atoms with Gasteiger partial charge in [0.05, 0.1) is 0 Å². The Morgan fingerprint density at radius 3 is 2.56 bits per heavy atom. The highest BCUT2D eigenvalue weighted by molar-refractivity contribution is 5.44. The molecule has 0 saturated carbocycles. The molecule has 0 amide bonds. The molecule has 1 aromatic carbocycles. The van der Waals surface area contributed by atoms with Gasteiger partial charge in [-0.1, -0.05) is 0 Å². The van der Waals surface area contributed by atoms with Gasteiger partial charge in [-0.25, -0.2) is 0 Å². The van der Waals surface area contributed by atoms with Gasteiger partial charge in [-0.15, -0.1) is 0 Å². The van der Waals surface area contributed by atoms with Crippen LogP contribution in [0.15, 0.2) is 12.1 Å². The van der Waals surface area contributed by atoms with Crippen molar-refractivity contribution in [3.05, 3.63) is 23.3 Å². The third kappa shape index (κ3) is 2.46. The van der Waals surface area contributed by atoms with Gasteiger partial charge in [0.2, 0.25) is 0 Å². The molecular weight excluding hydrogens is 204 g/mol. The van der Waals surface area contributed by atoms with Crippen LogP contribution < -0.4 is 5.32 Å². The molecule has 4 nitrogen and oxygen atoms in total. The van der Waals surface area contributed by atoms with Crippen molar-refractivity contribution in [2.45, 2.75) is 13.5 Å². The first-order valence-corrected chi connectivity index (χ1v) is 5.61. The highest BCUT2D eigenvalue weighted by Crippen LogP contribution is 2.27. The fourth-order valence-corrected chi connectivity index (χ4v) is 1.96. The molecular formula is C12H18N2O2. The molecule has 1 saturated heterocycles. The first-order chi connectivity index (χ1) is 7.66. The van der Waals surface area contributed by atoms with E-state index in [1.54, 1.807) is 19.1 Å². The summed E-state index contributed by atoms with van der Waals surface area (Å²) in [5.41, 5.74) is 1.51.